The molecule has 0 heterocycles. The molecule has 0 spiro atoms. The van der Waals surface area contributed by atoms with Gasteiger partial charge in [-0.2, -0.15) is 0 Å². The van der Waals surface area contributed by atoms with E-state index in [1.165, 1.54) is 10.4 Å². The molecule has 0 fully saturated rings. The Hall–Kier alpha value is -2.31. The third kappa shape index (κ3) is 6.84. The maximum absolute atomic E-state index is 3.60. The smallest absolute Gasteiger partial charge is 0.0656 e. The van der Waals surface area contributed by atoms with Crippen molar-refractivity contribution in [3.05, 3.63) is 93.5 Å². The summed E-state index contributed by atoms with van der Waals surface area (Å²) in [5.74, 6) is 13.2. The zero-order valence-electron chi connectivity index (χ0n) is 19.2. The fourth-order valence-corrected chi connectivity index (χ4v) is 5.96. The number of rotatable bonds is 2. The van der Waals surface area contributed by atoms with Crippen molar-refractivity contribution < 1.29 is 0 Å². The van der Waals surface area contributed by atoms with Crippen LogP contribution >= 0.6 is 15.9 Å². The zero-order chi connectivity index (χ0) is 22.6. The minimum atomic E-state index is -1.28. The minimum absolute atomic E-state index is 0.960. The molecule has 3 heteroatoms. The Bertz CT molecular complexity index is 1090. The highest BCUT2D eigenvalue weighted by Crippen LogP contribution is 2.15. The Morgan fingerprint density at radius 3 is 1.13 bits per heavy atom. The van der Waals surface area contributed by atoms with E-state index in [1.54, 1.807) is 0 Å². The normalized spacial score (nSPS) is 11.2. The molecule has 0 aliphatic carbocycles. The predicted molar refractivity (Wildman–Crippen MR) is 145 cm³/mol. The average molecular weight is 502 g/mol. The summed E-state index contributed by atoms with van der Waals surface area (Å²) in [5, 5.41) is 2.91. The highest BCUT2D eigenvalue weighted by molar-refractivity contribution is 9.10. The summed E-state index contributed by atoms with van der Waals surface area (Å²) in [4.78, 5) is 0. The summed E-state index contributed by atoms with van der Waals surface area (Å²) >= 11 is 3.60. The Morgan fingerprint density at radius 1 is 0.484 bits per heavy atom. The number of halogens is 1. The molecule has 0 unspecified atom stereocenters. The van der Waals surface area contributed by atoms with Gasteiger partial charge in [0.05, 0.1) is 16.1 Å². The second-order valence-electron chi connectivity index (χ2n) is 9.88. The van der Waals surface area contributed by atoms with Crippen molar-refractivity contribution >= 4 is 42.5 Å². The Balaban J connectivity index is 1.81. The van der Waals surface area contributed by atoms with Crippen LogP contribution in [0.4, 0.5) is 0 Å². The average Bonchev–Trinajstić information content (AvgIpc) is 2.70. The van der Waals surface area contributed by atoms with Crippen molar-refractivity contribution in [1.29, 1.82) is 0 Å². The number of hydrogen-bond acceptors (Lipinski definition) is 0. The van der Waals surface area contributed by atoms with E-state index in [0.717, 1.165) is 26.7 Å². The van der Waals surface area contributed by atoms with E-state index in [-0.39, 0.29) is 0 Å². The van der Waals surface area contributed by atoms with Crippen molar-refractivity contribution in [1.82, 2.24) is 0 Å². The maximum atomic E-state index is 3.60. The van der Waals surface area contributed by atoms with Gasteiger partial charge in [0.25, 0.3) is 0 Å². The lowest BCUT2D eigenvalue weighted by Gasteiger charge is -2.15. The fourth-order valence-electron chi connectivity index (χ4n) is 3.13. The van der Waals surface area contributed by atoms with Crippen molar-refractivity contribution in [2.45, 2.75) is 39.3 Å². The molecule has 3 aromatic carbocycles. The van der Waals surface area contributed by atoms with Crippen LogP contribution in [0.5, 0.6) is 0 Å². The summed E-state index contributed by atoms with van der Waals surface area (Å²) in [6.07, 6.45) is 0. The molecule has 0 amide bonds. The predicted octanol–water partition coefficient (Wildman–Crippen LogP) is 6.34. The van der Waals surface area contributed by atoms with Gasteiger partial charge >= 0.3 is 0 Å². The second-order valence-corrected chi connectivity index (χ2v) is 21.0. The molecule has 0 nitrogen and oxygen atoms in total. The highest BCUT2D eigenvalue weighted by Gasteiger charge is 2.16. The Kier molecular flexibility index (Phi) is 7.12. The minimum Gasteiger partial charge on any atom is -0.0656 e. The van der Waals surface area contributed by atoms with E-state index in [1.807, 2.05) is 12.1 Å². The van der Waals surface area contributed by atoms with Gasteiger partial charge in [-0.25, -0.2) is 0 Å². The molecule has 0 saturated heterocycles. The molecular weight excluding hydrogens is 472 g/mol. The molecule has 0 atom stereocenters. The van der Waals surface area contributed by atoms with E-state index in [0.29, 0.717) is 0 Å². The summed E-state index contributed by atoms with van der Waals surface area (Å²) in [6.45, 7) is 14.2. The summed E-state index contributed by atoms with van der Waals surface area (Å²) in [7, 11) is -2.55. The van der Waals surface area contributed by atoms with Crippen LogP contribution in [-0.4, -0.2) is 16.1 Å². The van der Waals surface area contributed by atoms with Crippen LogP contribution in [0.2, 0.25) is 39.3 Å². The first-order valence-electron chi connectivity index (χ1n) is 10.6. The van der Waals surface area contributed by atoms with Crippen molar-refractivity contribution in [3.8, 4) is 23.7 Å². The third-order valence-corrected chi connectivity index (χ3v) is 9.69. The van der Waals surface area contributed by atoms with Gasteiger partial charge in [-0.15, -0.1) is 0 Å². The van der Waals surface area contributed by atoms with Gasteiger partial charge < -0.3 is 0 Å². The quantitative estimate of drug-likeness (QED) is 0.284. The van der Waals surface area contributed by atoms with Gasteiger partial charge in [-0.05, 0) is 42.5 Å². The van der Waals surface area contributed by atoms with Crippen molar-refractivity contribution in [2.24, 2.45) is 0 Å². The van der Waals surface area contributed by atoms with Crippen LogP contribution in [0.1, 0.15) is 22.3 Å². The first kappa shape index (κ1) is 23.4. The van der Waals surface area contributed by atoms with Gasteiger partial charge in [-0.3, -0.25) is 0 Å². The monoisotopic (exact) mass is 500 g/mol. The highest BCUT2D eigenvalue weighted by atomic mass is 79.9. The lowest BCUT2D eigenvalue weighted by Crippen LogP contribution is -2.37. The second kappa shape index (κ2) is 9.45. The summed E-state index contributed by atoms with van der Waals surface area (Å²) in [6, 6.07) is 23.5. The lowest BCUT2D eigenvalue weighted by atomic mass is 10.1. The van der Waals surface area contributed by atoms with Gasteiger partial charge in [0.1, 0.15) is 0 Å². The van der Waals surface area contributed by atoms with Crippen LogP contribution in [0, 0.1) is 23.7 Å². The standard InChI is InChI=1S/C28H29BrSi2/c1-30(2,3)27-15-11-22(12-16-27)7-9-24-19-25(21-26(29)20-24)10-8-23-13-17-28(18-14-23)31(4,5)6/h11-21H,1-6H3. The van der Waals surface area contributed by atoms with E-state index < -0.39 is 16.1 Å². The largest absolute Gasteiger partial charge is 0.0775 e. The molecule has 0 bridgehead atoms. The third-order valence-electron chi connectivity index (χ3n) is 5.10. The first-order valence-corrected chi connectivity index (χ1v) is 18.4. The van der Waals surface area contributed by atoms with E-state index in [9.17, 15) is 0 Å². The summed E-state index contributed by atoms with van der Waals surface area (Å²) < 4.78 is 0.992. The molecule has 31 heavy (non-hydrogen) atoms. The van der Waals surface area contributed by atoms with Gasteiger partial charge in [0, 0.05) is 26.7 Å². The SMILES string of the molecule is C[Si](C)(C)c1ccc(C#Cc2cc(Br)cc(C#Cc3ccc([Si](C)(C)C)cc3)c2)cc1. The maximum Gasteiger partial charge on any atom is 0.0775 e. The molecule has 3 rings (SSSR count). The van der Waals surface area contributed by atoms with Crippen molar-refractivity contribution in [2.75, 3.05) is 0 Å². The van der Waals surface area contributed by atoms with Crippen LogP contribution in [-0.2, 0) is 0 Å². The first-order chi connectivity index (χ1) is 14.5. The topological polar surface area (TPSA) is 0 Å². The molecule has 0 saturated carbocycles. The molecule has 0 aliphatic rings. The molecule has 0 aromatic heterocycles. The van der Waals surface area contributed by atoms with Crippen LogP contribution in [0.15, 0.2) is 71.2 Å². The van der Waals surface area contributed by atoms with Crippen LogP contribution in [0.3, 0.4) is 0 Å². The summed E-state index contributed by atoms with van der Waals surface area (Å²) in [5.41, 5.74) is 4.00. The molecule has 156 valence electrons. The van der Waals surface area contributed by atoms with E-state index >= 15 is 0 Å². The van der Waals surface area contributed by atoms with Gasteiger partial charge in [-0.1, -0.05) is 114 Å². The molecule has 3 aromatic rings. The van der Waals surface area contributed by atoms with E-state index in [2.05, 4.69) is 133 Å². The number of benzene rings is 3. The fraction of sp³-hybridized carbons (Fsp3) is 0.214. The zero-order valence-corrected chi connectivity index (χ0v) is 22.8. The van der Waals surface area contributed by atoms with Gasteiger partial charge in [0.15, 0.2) is 0 Å². The molecule has 0 radical (unpaired) electrons. The molecule has 0 aliphatic heterocycles. The van der Waals surface area contributed by atoms with E-state index in [4.69, 9.17) is 0 Å². The van der Waals surface area contributed by atoms with Crippen LogP contribution < -0.4 is 10.4 Å². The Morgan fingerprint density at radius 2 is 0.806 bits per heavy atom. The number of hydrogen-bond donors (Lipinski definition) is 0. The lowest BCUT2D eigenvalue weighted by molar-refractivity contribution is 1.55. The van der Waals surface area contributed by atoms with Crippen molar-refractivity contribution in [3.63, 3.8) is 0 Å². The molecular formula is C28H29BrSi2. The molecule has 0 N–H and O–H groups in total. The Labute approximate surface area is 198 Å². The van der Waals surface area contributed by atoms with Crippen LogP contribution in [0.25, 0.3) is 0 Å². The van der Waals surface area contributed by atoms with Gasteiger partial charge in [0.2, 0.25) is 0 Å².